The van der Waals surface area contributed by atoms with Crippen molar-refractivity contribution in [3.63, 3.8) is 0 Å². The van der Waals surface area contributed by atoms with Crippen LogP contribution in [-0.2, 0) is 0 Å². The number of piperidine rings is 1. The van der Waals surface area contributed by atoms with Gasteiger partial charge in [0, 0.05) is 12.6 Å². The average molecular weight is 369 g/mol. The van der Waals surface area contributed by atoms with Crippen molar-refractivity contribution in [1.29, 1.82) is 0 Å². The van der Waals surface area contributed by atoms with Gasteiger partial charge < -0.3 is 19.7 Å². The van der Waals surface area contributed by atoms with Crippen molar-refractivity contribution in [2.24, 2.45) is 0 Å². The van der Waals surface area contributed by atoms with Crippen LogP contribution in [0, 0.1) is 0 Å². The number of methoxy groups -OCH3 is 2. The lowest BCUT2D eigenvalue weighted by atomic mass is 9.99. The summed E-state index contributed by atoms with van der Waals surface area (Å²) in [4.78, 5) is 19.6. The molecule has 0 bridgehead atoms. The van der Waals surface area contributed by atoms with E-state index >= 15 is 0 Å². The van der Waals surface area contributed by atoms with Crippen molar-refractivity contribution in [1.82, 2.24) is 4.98 Å². The number of hydrogen-bond acceptors (Lipinski definition) is 5. The summed E-state index contributed by atoms with van der Waals surface area (Å²) in [5.41, 5.74) is 1.46. The van der Waals surface area contributed by atoms with E-state index < -0.39 is 0 Å². The highest BCUT2D eigenvalue weighted by Gasteiger charge is 2.22. The van der Waals surface area contributed by atoms with E-state index in [1.165, 1.54) is 33.5 Å². The van der Waals surface area contributed by atoms with Crippen LogP contribution in [0.25, 0.3) is 0 Å². The Bertz CT molecular complexity index is 754. The van der Waals surface area contributed by atoms with Gasteiger partial charge in [0.1, 0.15) is 22.9 Å². The maximum absolute atomic E-state index is 12.7. The predicted molar refractivity (Wildman–Crippen MR) is 107 cm³/mol. The average Bonchev–Trinajstić information content (AvgIpc) is 2.73. The molecule has 2 heterocycles. The summed E-state index contributed by atoms with van der Waals surface area (Å²) in [5.74, 6) is 1.11. The van der Waals surface area contributed by atoms with Crippen LogP contribution in [0.4, 0.5) is 11.5 Å². The van der Waals surface area contributed by atoms with Crippen LogP contribution in [-0.4, -0.2) is 37.7 Å². The molecule has 6 heteroatoms. The molecule has 144 valence electrons. The molecule has 2 aromatic rings. The Labute approximate surface area is 160 Å². The number of hydrogen-bond donors (Lipinski definition) is 1. The first-order valence-corrected chi connectivity index (χ1v) is 9.43. The fraction of sp³-hybridized carbons (Fsp3) is 0.429. The monoisotopic (exact) mass is 369 g/mol. The topological polar surface area (TPSA) is 63.7 Å². The van der Waals surface area contributed by atoms with Crippen molar-refractivity contribution in [2.45, 2.75) is 38.6 Å². The quantitative estimate of drug-likeness (QED) is 0.830. The molecule has 1 aliphatic rings. The second-order valence-corrected chi connectivity index (χ2v) is 6.64. The molecule has 1 saturated heterocycles. The summed E-state index contributed by atoms with van der Waals surface area (Å²) >= 11 is 0. The third-order valence-electron chi connectivity index (χ3n) is 5.07. The largest absolute Gasteiger partial charge is 0.496 e. The molecular weight excluding hydrogens is 342 g/mol. The molecule has 1 unspecified atom stereocenters. The fourth-order valence-electron chi connectivity index (χ4n) is 3.65. The van der Waals surface area contributed by atoms with Gasteiger partial charge in [0.2, 0.25) is 0 Å². The van der Waals surface area contributed by atoms with Crippen molar-refractivity contribution in [3.05, 3.63) is 42.1 Å². The number of carbonyl (C=O) groups is 1. The van der Waals surface area contributed by atoms with Crippen LogP contribution >= 0.6 is 0 Å². The minimum absolute atomic E-state index is 0.311. The molecule has 1 amide bonds. The highest BCUT2D eigenvalue weighted by atomic mass is 16.5. The summed E-state index contributed by atoms with van der Waals surface area (Å²) in [6.07, 6.45) is 6.69. The second-order valence-electron chi connectivity index (χ2n) is 6.64. The number of ether oxygens (including phenoxy) is 2. The number of rotatable bonds is 6. The predicted octanol–water partition coefficient (Wildman–Crippen LogP) is 4.12. The minimum Gasteiger partial charge on any atom is -0.496 e. The number of nitrogens with zero attached hydrogens (tertiary/aromatic N) is 2. The summed E-state index contributed by atoms with van der Waals surface area (Å²) in [6, 6.07) is 9.68. The molecule has 1 N–H and O–H groups in total. The van der Waals surface area contributed by atoms with Gasteiger partial charge in [0.25, 0.3) is 5.91 Å². The zero-order chi connectivity index (χ0) is 19.2. The number of nitrogens with one attached hydrogen (secondary N) is 1. The Morgan fingerprint density at radius 3 is 2.52 bits per heavy atom. The van der Waals surface area contributed by atoms with Crippen LogP contribution in [0.2, 0.25) is 0 Å². The summed E-state index contributed by atoms with van der Waals surface area (Å²) in [5, 5.41) is 2.83. The maximum Gasteiger partial charge on any atom is 0.264 e. The molecule has 1 aromatic heterocycles. The molecule has 1 fully saturated rings. The molecule has 27 heavy (non-hydrogen) atoms. The minimum atomic E-state index is -0.311. The molecule has 0 saturated carbocycles. The van der Waals surface area contributed by atoms with Crippen LogP contribution in [0.5, 0.6) is 11.5 Å². The van der Waals surface area contributed by atoms with E-state index in [2.05, 4.69) is 22.1 Å². The summed E-state index contributed by atoms with van der Waals surface area (Å²) < 4.78 is 10.6. The van der Waals surface area contributed by atoms with Gasteiger partial charge >= 0.3 is 0 Å². The van der Waals surface area contributed by atoms with Gasteiger partial charge in [-0.2, -0.15) is 0 Å². The van der Waals surface area contributed by atoms with E-state index in [1.54, 1.807) is 18.2 Å². The zero-order valence-corrected chi connectivity index (χ0v) is 16.2. The van der Waals surface area contributed by atoms with Gasteiger partial charge in [-0.25, -0.2) is 4.98 Å². The zero-order valence-electron chi connectivity index (χ0n) is 16.2. The van der Waals surface area contributed by atoms with Gasteiger partial charge in [-0.05, 0) is 49.9 Å². The van der Waals surface area contributed by atoms with Crippen molar-refractivity contribution in [3.8, 4) is 11.5 Å². The van der Waals surface area contributed by atoms with E-state index in [0.717, 1.165) is 18.7 Å². The number of carbonyl (C=O) groups excluding carboxylic acids is 1. The Kier molecular flexibility index (Phi) is 6.16. The van der Waals surface area contributed by atoms with Crippen molar-refractivity contribution in [2.75, 3.05) is 31.0 Å². The van der Waals surface area contributed by atoms with Gasteiger partial charge in [-0.1, -0.05) is 13.0 Å². The first-order valence-electron chi connectivity index (χ1n) is 9.43. The third-order valence-corrected chi connectivity index (χ3v) is 5.07. The van der Waals surface area contributed by atoms with Crippen LogP contribution in [0.1, 0.15) is 43.0 Å². The Morgan fingerprint density at radius 1 is 1.19 bits per heavy atom. The Hall–Kier alpha value is -2.76. The van der Waals surface area contributed by atoms with Crippen molar-refractivity contribution >= 4 is 17.4 Å². The fourth-order valence-corrected chi connectivity index (χ4v) is 3.65. The lowest BCUT2D eigenvalue weighted by Gasteiger charge is -2.37. The SMILES string of the molecule is CCC1CCCCN1c1ccc(NC(=O)c2c(OC)cccc2OC)nc1. The molecular formula is C21H27N3O3. The van der Waals surface area contributed by atoms with E-state index in [9.17, 15) is 4.79 Å². The normalized spacial score (nSPS) is 16.7. The molecule has 0 spiro atoms. The highest BCUT2D eigenvalue weighted by Crippen LogP contribution is 2.30. The molecule has 1 atom stereocenters. The van der Waals surface area contributed by atoms with Crippen molar-refractivity contribution < 1.29 is 14.3 Å². The first kappa shape index (κ1) is 19.0. The first-order chi connectivity index (χ1) is 13.2. The lowest BCUT2D eigenvalue weighted by molar-refractivity contribution is 0.102. The van der Waals surface area contributed by atoms with Crippen LogP contribution in [0.15, 0.2) is 36.5 Å². The highest BCUT2D eigenvalue weighted by molar-refractivity contribution is 6.07. The number of aromatic nitrogens is 1. The van der Waals surface area contributed by atoms with E-state index in [-0.39, 0.29) is 5.91 Å². The number of anilines is 2. The second kappa shape index (κ2) is 8.75. The molecule has 3 rings (SSSR count). The number of pyridine rings is 1. The Balaban J connectivity index is 1.76. The summed E-state index contributed by atoms with van der Waals surface area (Å²) in [6.45, 7) is 3.29. The van der Waals surface area contributed by atoms with Crippen LogP contribution in [0.3, 0.4) is 0 Å². The maximum atomic E-state index is 12.7. The molecule has 6 nitrogen and oxygen atoms in total. The molecule has 0 radical (unpaired) electrons. The van der Waals surface area contributed by atoms with Gasteiger partial charge in [0.05, 0.1) is 26.1 Å². The molecule has 0 aliphatic carbocycles. The molecule has 1 aliphatic heterocycles. The van der Waals surface area contributed by atoms with Gasteiger partial charge in [0.15, 0.2) is 0 Å². The van der Waals surface area contributed by atoms with E-state index in [4.69, 9.17) is 9.47 Å². The third kappa shape index (κ3) is 4.15. The van der Waals surface area contributed by atoms with Gasteiger partial charge in [-0.15, -0.1) is 0 Å². The van der Waals surface area contributed by atoms with Crippen LogP contribution < -0.4 is 19.7 Å². The standard InChI is InChI=1S/C21H27N3O3/c1-4-15-8-5-6-13-24(15)16-11-12-19(22-14-16)23-21(25)20-17(26-2)9-7-10-18(20)27-3/h7,9-12,14-15H,4-6,8,13H2,1-3H3,(H,22,23,25). The molecule has 1 aromatic carbocycles. The summed E-state index contributed by atoms with van der Waals surface area (Å²) in [7, 11) is 3.06. The Morgan fingerprint density at radius 2 is 1.93 bits per heavy atom. The number of amides is 1. The smallest absolute Gasteiger partial charge is 0.264 e. The van der Waals surface area contributed by atoms with E-state index in [1.807, 2.05) is 18.3 Å². The lowest BCUT2D eigenvalue weighted by Crippen LogP contribution is -2.39. The van der Waals surface area contributed by atoms with Gasteiger partial charge in [-0.3, -0.25) is 4.79 Å². The van der Waals surface area contributed by atoms with E-state index in [0.29, 0.717) is 28.9 Å². The number of benzene rings is 1.